The predicted octanol–water partition coefficient (Wildman–Crippen LogP) is 1.32. The number of halogens is 1. The van der Waals surface area contributed by atoms with Gasteiger partial charge in [0.2, 0.25) is 0 Å². The quantitative estimate of drug-likeness (QED) is 0.807. The Kier molecular flexibility index (Phi) is 5.53. The zero-order valence-corrected chi connectivity index (χ0v) is 10.9. The molecule has 5 heteroatoms. The fourth-order valence-corrected chi connectivity index (χ4v) is 1.92. The first-order valence-electron chi connectivity index (χ1n) is 5.82. The van der Waals surface area contributed by atoms with E-state index in [9.17, 15) is 14.6 Å². The number of aliphatic hydroxyl groups excluding tert-OH is 2. The Hall–Kier alpha value is -1.17. The Morgan fingerprint density at radius 1 is 1.39 bits per heavy atom. The van der Waals surface area contributed by atoms with Crippen molar-refractivity contribution in [3.05, 3.63) is 29.6 Å². The second kappa shape index (κ2) is 6.68. The van der Waals surface area contributed by atoms with E-state index < -0.39 is 18.0 Å². The van der Waals surface area contributed by atoms with Crippen LogP contribution in [-0.4, -0.2) is 43.6 Å². The van der Waals surface area contributed by atoms with Gasteiger partial charge in [0.25, 0.3) is 0 Å². The Balaban J connectivity index is 2.93. The molecule has 4 nitrogen and oxygen atoms in total. The van der Waals surface area contributed by atoms with Crippen LogP contribution in [0.4, 0.5) is 10.1 Å². The van der Waals surface area contributed by atoms with Crippen LogP contribution in [0, 0.1) is 5.82 Å². The van der Waals surface area contributed by atoms with Crippen molar-refractivity contribution >= 4 is 5.69 Å². The summed E-state index contributed by atoms with van der Waals surface area (Å²) in [6.45, 7) is 2.00. The molecule has 1 aromatic carbocycles. The minimum absolute atomic E-state index is 0.183. The van der Waals surface area contributed by atoms with E-state index in [-0.39, 0.29) is 13.2 Å². The third-order valence-electron chi connectivity index (χ3n) is 2.69. The number of methoxy groups -OCH3 is 1. The summed E-state index contributed by atoms with van der Waals surface area (Å²) in [5.41, 5.74) is 0.810. The molecule has 0 spiro atoms. The number of anilines is 1. The lowest BCUT2D eigenvalue weighted by atomic mass is 10.1. The van der Waals surface area contributed by atoms with Crippen molar-refractivity contribution in [3.8, 4) is 0 Å². The van der Waals surface area contributed by atoms with Crippen molar-refractivity contribution in [3.63, 3.8) is 0 Å². The molecule has 0 aliphatic rings. The number of rotatable bonds is 6. The summed E-state index contributed by atoms with van der Waals surface area (Å²) < 4.78 is 18.7. The molecule has 0 fully saturated rings. The standard InChI is InChI=1S/C13H20FNO3/c1-9(16)11-5-4-6-12(14)13(11)15(2)7-10(17)8-18-3/h4-6,9-10,16-17H,7-8H2,1-3H3/t9-,10?/m0/s1. The highest BCUT2D eigenvalue weighted by molar-refractivity contribution is 5.55. The Morgan fingerprint density at radius 2 is 2.06 bits per heavy atom. The lowest BCUT2D eigenvalue weighted by molar-refractivity contribution is 0.0693. The zero-order valence-electron chi connectivity index (χ0n) is 10.9. The van der Waals surface area contributed by atoms with Crippen LogP contribution in [0.3, 0.4) is 0 Å². The van der Waals surface area contributed by atoms with Crippen LogP contribution in [0.25, 0.3) is 0 Å². The molecule has 1 unspecified atom stereocenters. The van der Waals surface area contributed by atoms with Crippen molar-refractivity contribution in [2.75, 3.05) is 32.2 Å². The van der Waals surface area contributed by atoms with E-state index in [0.717, 1.165) is 0 Å². The maximum atomic E-state index is 13.8. The van der Waals surface area contributed by atoms with Gasteiger partial charge in [-0.2, -0.15) is 0 Å². The molecule has 0 aromatic heterocycles. The molecule has 102 valence electrons. The Morgan fingerprint density at radius 3 is 2.61 bits per heavy atom. The summed E-state index contributed by atoms with van der Waals surface area (Å²) in [6, 6.07) is 4.56. The van der Waals surface area contributed by atoms with Gasteiger partial charge in [-0.3, -0.25) is 0 Å². The Labute approximate surface area is 107 Å². The van der Waals surface area contributed by atoms with Gasteiger partial charge in [0.15, 0.2) is 0 Å². The van der Waals surface area contributed by atoms with Crippen LogP contribution in [0.5, 0.6) is 0 Å². The first-order valence-corrected chi connectivity index (χ1v) is 5.82. The zero-order chi connectivity index (χ0) is 13.7. The van der Waals surface area contributed by atoms with E-state index in [4.69, 9.17) is 4.74 Å². The molecule has 0 aliphatic heterocycles. The SMILES string of the molecule is COCC(O)CN(C)c1c(F)cccc1[C@H](C)O. The minimum atomic E-state index is -0.766. The fourth-order valence-electron chi connectivity index (χ4n) is 1.92. The topological polar surface area (TPSA) is 52.9 Å². The van der Waals surface area contributed by atoms with Crippen molar-refractivity contribution < 1.29 is 19.3 Å². The largest absolute Gasteiger partial charge is 0.389 e. The molecular weight excluding hydrogens is 237 g/mol. The van der Waals surface area contributed by atoms with E-state index in [1.807, 2.05) is 0 Å². The number of benzene rings is 1. The van der Waals surface area contributed by atoms with Crippen molar-refractivity contribution in [1.82, 2.24) is 0 Å². The molecule has 2 N–H and O–H groups in total. The van der Waals surface area contributed by atoms with Crippen LogP contribution in [-0.2, 0) is 4.74 Å². The summed E-state index contributed by atoms with van der Waals surface area (Å²) in [6.07, 6.45) is -1.47. The number of likely N-dealkylation sites (N-methyl/N-ethyl adjacent to an activating group) is 1. The number of aliphatic hydroxyl groups is 2. The lowest BCUT2D eigenvalue weighted by Gasteiger charge is -2.26. The van der Waals surface area contributed by atoms with E-state index in [1.54, 1.807) is 31.0 Å². The number of hydrogen-bond acceptors (Lipinski definition) is 4. The second-order valence-electron chi connectivity index (χ2n) is 4.34. The summed E-state index contributed by atoms with van der Waals surface area (Å²) >= 11 is 0. The number of para-hydroxylation sites is 1. The highest BCUT2D eigenvalue weighted by Gasteiger charge is 2.18. The smallest absolute Gasteiger partial charge is 0.146 e. The van der Waals surface area contributed by atoms with Gasteiger partial charge in [-0.25, -0.2) is 4.39 Å². The van der Waals surface area contributed by atoms with Crippen LogP contribution >= 0.6 is 0 Å². The third-order valence-corrected chi connectivity index (χ3v) is 2.69. The molecule has 0 radical (unpaired) electrons. The van der Waals surface area contributed by atoms with Crippen molar-refractivity contribution in [2.24, 2.45) is 0 Å². The van der Waals surface area contributed by atoms with Crippen LogP contribution in [0.15, 0.2) is 18.2 Å². The van der Waals surface area contributed by atoms with Crippen LogP contribution in [0.2, 0.25) is 0 Å². The highest BCUT2D eigenvalue weighted by Crippen LogP contribution is 2.28. The fraction of sp³-hybridized carbons (Fsp3) is 0.538. The van der Waals surface area contributed by atoms with Crippen LogP contribution in [0.1, 0.15) is 18.6 Å². The van der Waals surface area contributed by atoms with E-state index in [1.165, 1.54) is 13.2 Å². The van der Waals surface area contributed by atoms with E-state index in [0.29, 0.717) is 11.3 Å². The van der Waals surface area contributed by atoms with Gasteiger partial charge in [0, 0.05) is 26.3 Å². The van der Waals surface area contributed by atoms with Crippen molar-refractivity contribution in [1.29, 1.82) is 0 Å². The summed E-state index contributed by atoms with van der Waals surface area (Å²) in [4.78, 5) is 1.58. The van der Waals surface area contributed by atoms with Gasteiger partial charge in [0.1, 0.15) is 5.82 Å². The second-order valence-corrected chi connectivity index (χ2v) is 4.34. The highest BCUT2D eigenvalue weighted by atomic mass is 19.1. The van der Waals surface area contributed by atoms with Gasteiger partial charge in [-0.05, 0) is 13.0 Å². The maximum absolute atomic E-state index is 13.8. The molecule has 18 heavy (non-hydrogen) atoms. The van der Waals surface area contributed by atoms with Gasteiger partial charge in [-0.15, -0.1) is 0 Å². The first-order chi connectivity index (χ1) is 8.47. The van der Waals surface area contributed by atoms with Gasteiger partial charge >= 0.3 is 0 Å². The van der Waals surface area contributed by atoms with Gasteiger partial charge in [0.05, 0.1) is 24.5 Å². The van der Waals surface area contributed by atoms with E-state index in [2.05, 4.69) is 0 Å². The lowest BCUT2D eigenvalue weighted by Crippen LogP contribution is -2.33. The molecule has 0 saturated heterocycles. The third kappa shape index (κ3) is 3.66. The molecule has 0 bridgehead atoms. The molecule has 2 atom stereocenters. The molecular formula is C13H20FNO3. The first kappa shape index (κ1) is 14.9. The molecule has 1 rings (SSSR count). The summed E-state index contributed by atoms with van der Waals surface area (Å²) in [7, 11) is 3.16. The minimum Gasteiger partial charge on any atom is -0.389 e. The number of nitrogens with zero attached hydrogens (tertiary/aromatic N) is 1. The normalized spacial score (nSPS) is 14.3. The van der Waals surface area contributed by atoms with Crippen LogP contribution < -0.4 is 4.90 Å². The molecule has 0 aliphatic carbocycles. The molecule has 1 aromatic rings. The maximum Gasteiger partial charge on any atom is 0.146 e. The molecule has 0 saturated carbocycles. The summed E-state index contributed by atoms with van der Waals surface area (Å²) in [5, 5.41) is 19.3. The van der Waals surface area contributed by atoms with Crippen molar-refractivity contribution in [2.45, 2.75) is 19.1 Å². The van der Waals surface area contributed by atoms with E-state index >= 15 is 0 Å². The molecule has 0 heterocycles. The summed E-state index contributed by atoms with van der Waals surface area (Å²) in [5.74, 6) is -0.416. The number of ether oxygens (including phenoxy) is 1. The monoisotopic (exact) mass is 257 g/mol. The predicted molar refractivity (Wildman–Crippen MR) is 68.2 cm³/mol. The molecule has 0 amide bonds. The van der Waals surface area contributed by atoms with Gasteiger partial charge in [-0.1, -0.05) is 12.1 Å². The average molecular weight is 257 g/mol. The Bertz CT molecular complexity index is 384. The van der Waals surface area contributed by atoms with Gasteiger partial charge < -0.3 is 19.8 Å². The average Bonchev–Trinajstić information content (AvgIpc) is 2.28. The number of hydrogen-bond donors (Lipinski definition) is 2.